The highest BCUT2D eigenvalue weighted by Gasteiger charge is 2.65. The standard InChI is InChI=1S/C27H34N4O7/c1-26(2,3)30-29-11-12-7-8-16(32)18-14(12)9-13-10-15-20(31(4)5)22(34)19(25(28)37)24(36)27(15,38-6)23(35)17(13)21(18)33/h7-8,11,13,15,20,30,32-33,36H,9-10H2,1-6H3,(H2,28,37)/b29-11+/t13-,15-,20-,27-/m0/s1. The van der Waals surface area contributed by atoms with Crippen LogP contribution in [0.25, 0.3) is 5.76 Å². The summed E-state index contributed by atoms with van der Waals surface area (Å²) in [6.07, 6.45) is 2.01. The highest BCUT2D eigenvalue weighted by atomic mass is 16.5. The second kappa shape index (κ2) is 9.25. The van der Waals surface area contributed by atoms with Crippen LogP contribution in [0.3, 0.4) is 0 Å². The van der Waals surface area contributed by atoms with Crippen molar-refractivity contribution in [1.29, 1.82) is 0 Å². The molecule has 11 nitrogen and oxygen atoms in total. The quantitative estimate of drug-likeness (QED) is 0.215. The van der Waals surface area contributed by atoms with Crippen LogP contribution in [-0.2, 0) is 25.5 Å². The lowest BCUT2D eigenvalue weighted by Crippen LogP contribution is -2.66. The number of carbonyl (C=O) groups excluding carboxylic acids is 3. The molecule has 0 heterocycles. The van der Waals surface area contributed by atoms with Crippen molar-refractivity contribution >= 4 is 29.4 Å². The summed E-state index contributed by atoms with van der Waals surface area (Å²) in [6.45, 7) is 5.86. The minimum atomic E-state index is -2.12. The Kier molecular flexibility index (Phi) is 6.65. The molecule has 0 radical (unpaired) electrons. The summed E-state index contributed by atoms with van der Waals surface area (Å²) in [6, 6.07) is 2.08. The van der Waals surface area contributed by atoms with Gasteiger partial charge < -0.3 is 31.2 Å². The predicted molar refractivity (Wildman–Crippen MR) is 140 cm³/mol. The Bertz CT molecular complexity index is 1320. The lowest BCUT2D eigenvalue weighted by atomic mass is 9.57. The second-order valence-corrected chi connectivity index (χ2v) is 11.3. The Morgan fingerprint density at radius 3 is 2.45 bits per heavy atom. The Labute approximate surface area is 220 Å². The molecule has 11 heteroatoms. The van der Waals surface area contributed by atoms with Crippen LogP contribution in [0.1, 0.15) is 43.9 Å². The zero-order chi connectivity index (χ0) is 28.3. The van der Waals surface area contributed by atoms with Crippen LogP contribution in [0.4, 0.5) is 0 Å². The van der Waals surface area contributed by atoms with Gasteiger partial charge in [-0.05, 0) is 76.9 Å². The van der Waals surface area contributed by atoms with Gasteiger partial charge in [0.15, 0.2) is 11.4 Å². The first-order chi connectivity index (χ1) is 17.7. The van der Waals surface area contributed by atoms with Gasteiger partial charge in [-0.25, -0.2) is 0 Å². The van der Waals surface area contributed by atoms with Gasteiger partial charge in [0.2, 0.25) is 5.78 Å². The number of ketones is 2. The van der Waals surface area contributed by atoms with E-state index in [0.29, 0.717) is 11.1 Å². The van der Waals surface area contributed by atoms with E-state index in [9.17, 15) is 29.7 Å². The molecule has 1 saturated carbocycles. The van der Waals surface area contributed by atoms with Crippen molar-refractivity contribution in [3.05, 3.63) is 45.7 Å². The molecule has 204 valence electrons. The van der Waals surface area contributed by atoms with Crippen molar-refractivity contribution < 1.29 is 34.4 Å². The minimum absolute atomic E-state index is 0.0463. The third-order valence-electron chi connectivity index (χ3n) is 7.53. The molecular weight excluding hydrogens is 492 g/mol. The van der Waals surface area contributed by atoms with E-state index in [1.165, 1.54) is 13.2 Å². The molecule has 0 bridgehead atoms. The molecular formula is C27H34N4O7. The number of carbonyl (C=O) groups is 3. The molecule has 4 rings (SSSR count). The molecule has 0 aliphatic heterocycles. The molecule has 1 aromatic rings. The van der Waals surface area contributed by atoms with Crippen LogP contribution in [0.2, 0.25) is 0 Å². The molecule has 0 saturated heterocycles. The molecule has 0 unspecified atom stereocenters. The maximum atomic E-state index is 14.2. The number of benzene rings is 1. The lowest BCUT2D eigenvalue weighted by molar-refractivity contribution is -0.159. The van der Waals surface area contributed by atoms with Gasteiger partial charge in [0.05, 0.1) is 17.8 Å². The van der Waals surface area contributed by atoms with Gasteiger partial charge in [-0.1, -0.05) is 0 Å². The van der Waals surface area contributed by atoms with Gasteiger partial charge >= 0.3 is 0 Å². The normalized spacial score (nSPS) is 27.5. The maximum Gasteiger partial charge on any atom is 0.255 e. The Balaban J connectivity index is 1.93. The summed E-state index contributed by atoms with van der Waals surface area (Å²) in [5.41, 5.74) is 6.62. The van der Waals surface area contributed by atoms with Crippen LogP contribution in [0.5, 0.6) is 5.75 Å². The maximum absolute atomic E-state index is 14.2. The Morgan fingerprint density at radius 1 is 1.24 bits per heavy atom. The number of aromatic hydroxyl groups is 1. The number of primary amides is 1. The van der Waals surface area contributed by atoms with E-state index >= 15 is 0 Å². The van der Waals surface area contributed by atoms with Crippen LogP contribution in [-0.4, -0.2) is 82.3 Å². The van der Waals surface area contributed by atoms with E-state index in [1.54, 1.807) is 31.3 Å². The van der Waals surface area contributed by atoms with Crippen LogP contribution in [0, 0.1) is 11.8 Å². The monoisotopic (exact) mass is 526 g/mol. The van der Waals surface area contributed by atoms with E-state index < -0.39 is 58.0 Å². The van der Waals surface area contributed by atoms with Gasteiger partial charge in [-0.15, -0.1) is 0 Å². The average Bonchev–Trinajstić information content (AvgIpc) is 2.79. The first kappa shape index (κ1) is 27.3. The topological polar surface area (TPSA) is 175 Å². The SMILES string of the molecule is CO[C@]12C(=O)C3=C(O)c4c(O)ccc(/C=N/NC(C)(C)C)c4C[C@H]3C[C@H]1[C@H](N(C)C)C(=O)C(C(N)=O)=C2O. The van der Waals surface area contributed by atoms with Crippen LogP contribution >= 0.6 is 0 Å². The number of nitrogens with zero attached hydrogens (tertiary/aromatic N) is 2. The summed E-state index contributed by atoms with van der Waals surface area (Å²) >= 11 is 0. The predicted octanol–water partition coefficient (Wildman–Crippen LogP) is 1.34. The molecule has 3 aliphatic rings. The number of Topliss-reactive ketones (excluding diaryl/α,β-unsaturated/α-hetero) is 2. The lowest BCUT2D eigenvalue weighted by Gasteiger charge is -2.51. The number of amides is 1. The third kappa shape index (κ3) is 3.97. The molecule has 1 amide bonds. The Morgan fingerprint density at radius 2 is 1.89 bits per heavy atom. The summed E-state index contributed by atoms with van der Waals surface area (Å²) in [4.78, 5) is 41.3. The number of ether oxygens (including phenoxy) is 1. The number of hydrogen-bond donors (Lipinski definition) is 5. The van der Waals surface area contributed by atoms with E-state index in [4.69, 9.17) is 10.5 Å². The molecule has 38 heavy (non-hydrogen) atoms. The summed E-state index contributed by atoms with van der Waals surface area (Å²) < 4.78 is 5.66. The number of rotatable bonds is 5. The molecule has 0 spiro atoms. The zero-order valence-corrected chi connectivity index (χ0v) is 22.3. The van der Waals surface area contributed by atoms with E-state index in [0.717, 1.165) is 0 Å². The van der Waals surface area contributed by atoms with Gasteiger partial charge in [0, 0.05) is 24.1 Å². The molecule has 6 N–H and O–H groups in total. The highest BCUT2D eigenvalue weighted by Crippen LogP contribution is 2.54. The minimum Gasteiger partial charge on any atom is -0.508 e. The third-order valence-corrected chi connectivity index (χ3v) is 7.53. The number of nitrogens with one attached hydrogen (secondary N) is 1. The van der Waals surface area contributed by atoms with Crippen molar-refractivity contribution in [2.24, 2.45) is 22.7 Å². The Hall–Kier alpha value is -3.70. The van der Waals surface area contributed by atoms with E-state index in [2.05, 4.69) is 10.5 Å². The van der Waals surface area contributed by atoms with Crippen molar-refractivity contribution in [2.45, 2.75) is 50.8 Å². The van der Waals surface area contributed by atoms with Gasteiger partial charge in [0.1, 0.15) is 22.8 Å². The van der Waals surface area contributed by atoms with Crippen molar-refractivity contribution in [1.82, 2.24) is 10.3 Å². The molecule has 1 fully saturated rings. The fourth-order valence-electron chi connectivity index (χ4n) is 6.00. The zero-order valence-electron chi connectivity index (χ0n) is 22.3. The number of phenolic OH excluding ortho intramolecular Hbond substituents is 1. The fourth-order valence-corrected chi connectivity index (χ4v) is 6.00. The van der Waals surface area contributed by atoms with Gasteiger partial charge in [0.25, 0.3) is 5.91 Å². The van der Waals surface area contributed by atoms with Crippen LogP contribution < -0.4 is 11.2 Å². The number of nitrogens with two attached hydrogens (primary N) is 1. The summed E-state index contributed by atoms with van der Waals surface area (Å²) in [7, 11) is 4.45. The highest BCUT2D eigenvalue weighted by molar-refractivity contribution is 6.24. The second-order valence-electron chi connectivity index (χ2n) is 11.3. The number of fused-ring (bicyclic) bond motifs is 3. The average molecular weight is 527 g/mol. The number of likely N-dealkylation sites (N-methyl/N-ethyl adjacent to an activating group) is 1. The number of aliphatic hydroxyl groups is 2. The first-order valence-corrected chi connectivity index (χ1v) is 12.3. The number of methoxy groups -OCH3 is 1. The van der Waals surface area contributed by atoms with Gasteiger partial charge in [-0.3, -0.25) is 19.3 Å². The summed E-state index contributed by atoms with van der Waals surface area (Å²) in [5.74, 6) is -5.63. The fraction of sp³-hybridized carbons (Fsp3) is 0.481. The van der Waals surface area contributed by atoms with E-state index in [1.807, 2.05) is 20.8 Å². The van der Waals surface area contributed by atoms with Crippen molar-refractivity contribution in [3.63, 3.8) is 0 Å². The number of hydrazone groups is 1. The molecule has 1 aromatic carbocycles. The first-order valence-electron chi connectivity index (χ1n) is 12.3. The van der Waals surface area contributed by atoms with Crippen molar-refractivity contribution in [2.75, 3.05) is 21.2 Å². The molecule has 3 aliphatic carbocycles. The largest absolute Gasteiger partial charge is 0.508 e. The van der Waals surface area contributed by atoms with E-state index in [-0.39, 0.29) is 35.3 Å². The number of hydrogen-bond acceptors (Lipinski definition) is 10. The van der Waals surface area contributed by atoms with Gasteiger partial charge in [-0.2, -0.15) is 5.10 Å². The number of phenols is 1. The molecule has 4 atom stereocenters. The molecule has 0 aromatic heterocycles. The summed E-state index contributed by atoms with van der Waals surface area (Å²) in [5, 5.41) is 37.5. The van der Waals surface area contributed by atoms with Crippen LogP contribution in [0.15, 0.2) is 34.1 Å². The van der Waals surface area contributed by atoms with Crippen molar-refractivity contribution in [3.8, 4) is 5.75 Å². The smallest absolute Gasteiger partial charge is 0.255 e. The number of aliphatic hydroxyl groups excluding tert-OH is 2.